The number of nitrogens with one attached hydrogen (secondary N) is 2. The average Bonchev–Trinajstić information content (AvgIpc) is 4.06. The van der Waals surface area contributed by atoms with Crippen molar-refractivity contribution < 1.29 is 18.4 Å². The van der Waals surface area contributed by atoms with Crippen LogP contribution >= 0.6 is 0 Å². The van der Waals surface area contributed by atoms with E-state index >= 15 is 4.39 Å². The fraction of sp³-hybridized carbons (Fsp3) is 0.136. The van der Waals surface area contributed by atoms with Gasteiger partial charge in [-0.15, -0.1) is 0 Å². The smallest absolute Gasteiger partial charge is 0.326 e. The summed E-state index contributed by atoms with van der Waals surface area (Å²) in [6.07, 6.45) is 9.06. The van der Waals surface area contributed by atoms with Crippen LogP contribution in [0.15, 0.2) is 115 Å². The molecule has 0 unspecified atom stereocenters. The van der Waals surface area contributed by atoms with Gasteiger partial charge in [0.1, 0.15) is 47.2 Å². The molecule has 0 saturated carbocycles. The van der Waals surface area contributed by atoms with Gasteiger partial charge in [0.25, 0.3) is 0 Å². The van der Waals surface area contributed by atoms with Crippen LogP contribution in [0.25, 0.3) is 44.3 Å². The molecule has 14 nitrogen and oxygen atoms in total. The summed E-state index contributed by atoms with van der Waals surface area (Å²) >= 11 is 0. The van der Waals surface area contributed by atoms with Gasteiger partial charge in [-0.2, -0.15) is 4.99 Å². The Kier molecular flexibility index (Phi) is 10.7. The highest BCUT2D eigenvalue weighted by molar-refractivity contribution is 6.05. The highest BCUT2D eigenvalue weighted by atomic mass is 19.1. The lowest BCUT2D eigenvalue weighted by Gasteiger charge is -2.18. The fourth-order valence-electron chi connectivity index (χ4n) is 7.57. The number of nitrogens with two attached hydrogens (primary N) is 2. The third-order valence-corrected chi connectivity index (χ3v) is 10.4. The van der Waals surface area contributed by atoms with Gasteiger partial charge in [-0.05, 0) is 61.4 Å². The van der Waals surface area contributed by atoms with Crippen molar-refractivity contribution in [3.63, 3.8) is 0 Å². The van der Waals surface area contributed by atoms with Crippen molar-refractivity contribution in [3.8, 4) is 22.3 Å². The summed E-state index contributed by atoms with van der Waals surface area (Å²) in [4.78, 5) is 43.9. The highest BCUT2D eigenvalue weighted by Crippen LogP contribution is 2.40. The molecule has 60 heavy (non-hydrogen) atoms. The Morgan fingerprint density at radius 2 is 1.30 bits per heavy atom. The van der Waals surface area contributed by atoms with E-state index in [0.29, 0.717) is 92.4 Å². The van der Waals surface area contributed by atoms with Crippen molar-refractivity contribution >= 4 is 68.6 Å². The van der Waals surface area contributed by atoms with Crippen LogP contribution in [0.1, 0.15) is 11.1 Å². The number of urea groups is 1. The minimum Gasteiger partial charge on any atom is -0.384 e. The van der Waals surface area contributed by atoms with Gasteiger partial charge in [-0.3, -0.25) is 4.90 Å². The number of carbonyl (C=O) groups is 1. The number of nitrogen functional groups attached to an aromatic ring is 2. The predicted octanol–water partition coefficient (Wildman–Crippen LogP) is 7.93. The quantitative estimate of drug-likeness (QED) is 0.101. The molecular weight excluding hydrogens is 767 g/mol. The van der Waals surface area contributed by atoms with Crippen molar-refractivity contribution in [2.75, 3.05) is 40.1 Å². The van der Waals surface area contributed by atoms with Gasteiger partial charge in [0, 0.05) is 84.3 Å². The van der Waals surface area contributed by atoms with Crippen LogP contribution in [0.4, 0.5) is 48.0 Å². The van der Waals surface area contributed by atoms with Gasteiger partial charge in [-0.1, -0.05) is 36.4 Å². The zero-order valence-electron chi connectivity index (χ0n) is 32.5. The van der Waals surface area contributed by atoms with E-state index in [1.807, 2.05) is 79.5 Å². The molecular formula is C44H38F2N12O2. The molecule has 8 aromatic rings. The lowest BCUT2D eigenvalue weighted by molar-refractivity contribution is 0.257. The van der Waals surface area contributed by atoms with E-state index in [0.717, 1.165) is 23.4 Å². The number of anilines is 5. The van der Waals surface area contributed by atoms with Gasteiger partial charge >= 0.3 is 6.03 Å². The number of hydrogen-bond acceptors (Lipinski definition) is 10. The SMILES string of the molecule is Cn1cc(-c2ccc3c(c2F)CCN3)c2c(N)ncnc21.Cn1cc(-c2ccc3c(c2F)CCN3C(=O)Nc2ccccc2)c2c(N)ncnc21.O=C=Nc1ccccc1. The zero-order chi connectivity index (χ0) is 41.9. The number of halogens is 2. The number of aromatic nitrogens is 6. The predicted molar refractivity (Wildman–Crippen MR) is 230 cm³/mol. The third-order valence-electron chi connectivity index (χ3n) is 10.4. The topological polar surface area (TPSA) is 187 Å². The van der Waals surface area contributed by atoms with E-state index in [4.69, 9.17) is 11.5 Å². The Balaban J connectivity index is 0.000000143. The lowest BCUT2D eigenvalue weighted by atomic mass is 10.0. The molecule has 2 aliphatic rings. The summed E-state index contributed by atoms with van der Waals surface area (Å²) in [5, 5.41) is 7.35. The molecule has 4 aromatic heterocycles. The second kappa shape index (κ2) is 16.5. The summed E-state index contributed by atoms with van der Waals surface area (Å²) in [7, 11) is 3.70. The number of rotatable bonds is 4. The summed E-state index contributed by atoms with van der Waals surface area (Å²) in [5.41, 5.74) is 19.8. The van der Waals surface area contributed by atoms with Crippen LogP contribution in [0.5, 0.6) is 0 Å². The largest absolute Gasteiger partial charge is 0.384 e. The van der Waals surface area contributed by atoms with Crippen LogP contribution in [-0.4, -0.2) is 54.3 Å². The van der Waals surface area contributed by atoms with Gasteiger partial charge in [0.2, 0.25) is 6.08 Å². The van der Waals surface area contributed by atoms with Crippen molar-refractivity contribution in [3.05, 3.63) is 133 Å². The van der Waals surface area contributed by atoms with Gasteiger partial charge in [-0.25, -0.2) is 38.3 Å². The molecule has 2 aliphatic heterocycles. The Hall–Kier alpha value is -7.97. The normalized spacial score (nSPS) is 12.4. The molecule has 2 amide bonds. The lowest BCUT2D eigenvalue weighted by Crippen LogP contribution is -2.33. The van der Waals surface area contributed by atoms with Crippen molar-refractivity contribution in [2.45, 2.75) is 12.8 Å². The molecule has 0 fully saturated rings. The molecule has 16 heteroatoms. The number of para-hydroxylation sites is 2. The van der Waals surface area contributed by atoms with Gasteiger partial charge < -0.3 is 31.2 Å². The van der Waals surface area contributed by atoms with E-state index in [1.165, 1.54) is 18.7 Å². The first-order valence-electron chi connectivity index (χ1n) is 18.9. The summed E-state index contributed by atoms with van der Waals surface area (Å²) < 4.78 is 34.0. The second-order valence-electron chi connectivity index (χ2n) is 14.0. The number of benzene rings is 4. The van der Waals surface area contributed by atoms with Crippen LogP contribution in [0.3, 0.4) is 0 Å². The summed E-state index contributed by atoms with van der Waals surface area (Å²) in [6.45, 7) is 1.19. The number of aliphatic imine (C=N–C) groups is 1. The van der Waals surface area contributed by atoms with Crippen molar-refractivity contribution in [1.29, 1.82) is 0 Å². The number of aryl methyl sites for hydroxylation is 2. The van der Waals surface area contributed by atoms with E-state index < -0.39 is 0 Å². The third kappa shape index (κ3) is 7.34. The number of nitrogens with zero attached hydrogens (tertiary/aromatic N) is 8. The molecule has 0 bridgehead atoms. The molecule has 0 radical (unpaired) electrons. The van der Waals surface area contributed by atoms with E-state index in [2.05, 4.69) is 35.6 Å². The number of amides is 2. The van der Waals surface area contributed by atoms with Gasteiger partial charge in [0.05, 0.1) is 22.1 Å². The number of hydrogen-bond donors (Lipinski definition) is 4. The van der Waals surface area contributed by atoms with Crippen LogP contribution in [0, 0.1) is 11.6 Å². The van der Waals surface area contributed by atoms with Gasteiger partial charge in [0.15, 0.2) is 0 Å². The first-order valence-corrected chi connectivity index (χ1v) is 18.9. The minimum atomic E-state index is -0.349. The minimum absolute atomic E-state index is 0.187. The van der Waals surface area contributed by atoms with E-state index in [-0.39, 0.29) is 17.7 Å². The fourth-order valence-corrected chi connectivity index (χ4v) is 7.57. The average molecular weight is 805 g/mol. The Bertz CT molecular complexity index is 2950. The van der Waals surface area contributed by atoms with Crippen LogP contribution in [-0.2, 0) is 31.7 Å². The molecule has 0 spiro atoms. The molecule has 0 atom stereocenters. The van der Waals surface area contributed by atoms with E-state index in [9.17, 15) is 14.0 Å². The molecule has 6 N–H and O–H groups in total. The number of isocyanates is 1. The first kappa shape index (κ1) is 38.9. The molecule has 10 rings (SSSR count). The Morgan fingerprint density at radius 1 is 0.733 bits per heavy atom. The maximum Gasteiger partial charge on any atom is 0.326 e. The maximum atomic E-state index is 15.5. The number of carbonyl (C=O) groups excluding carboxylic acids is 2. The highest BCUT2D eigenvalue weighted by Gasteiger charge is 2.30. The monoisotopic (exact) mass is 804 g/mol. The molecule has 4 aromatic carbocycles. The van der Waals surface area contributed by atoms with E-state index in [1.54, 1.807) is 46.0 Å². The van der Waals surface area contributed by atoms with Crippen molar-refractivity contribution in [2.24, 2.45) is 19.1 Å². The Labute approximate surface area is 342 Å². The number of fused-ring (bicyclic) bond motifs is 4. The summed E-state index contributed by atoms with van der Waals surface area (Å²) in [5.74, 6) is 0.138. The molecule has 300 valence electrons. The van der Waals surface area contributed by atoms with Crippen LogP contribution < -0.4 is 27.0 Å². The second-order valence-corrected chi connectivity index (χ2v) is 14.0. The molecule has 6 heterocycles. The Morgan fingerprint density at radius 3 is 1.90 bits per heavy atom. The standard InChI is InChI=1S/C22H19FN6O.C15H14FN5.C7H5NO/c1-28-11-16(18-20(24)25-12-26-21(18)28)14-7-8-17-15(19(14)23)9-10-29(17)22(30)27-13-5-3-2-4-6-13;1-21-6-10(12-14(17)19-7-20-15(12)21)8-2-3-11-9(13(8)16)4-5-18-11;9-6-8-7-4-2-1-3-5-7/h2-8,11-12H,9-10H2,1H3,(H,27,30)(H2,24,25,26);2-3,6-7,18H,4-5H2,1H3,(H2,17,19,20);1-5H. The first-order chi connectivity index (χ1) is 29.1. The molecule has 0 saturated heterocycles. The van der Waals surface area contributed by atoms with Crippen molar-refractivity contribution in [1.82, 2.24) is 29.1 Å². The maximum absolute atomic E-state index is 15.5. The van der Waals surface area contributed by atoms with Crippen LogP contribution in [0.2, 0.25) is 0 Å². The summed E-state index contributed by atoms with van der Waals surface area (Å²) in [6, 6.07) is 25.1. The molecule has 0 aliphatic carbocycles. The zero-order valence-corrected chi connectivity index (χ0v) is 32.5.